The van der Waals surface area contributed by atoms with Crippen molar-refractivity contribution in [2.45, 2.75) is 52.6 Å². The van der Waals surface area contributed by atoms with E-state index in [-0.39, 0.29) is 17.4 Å². The molecule has 3 rings (SSSR count). The Bertz CT molecular complexity index is 630. The number of nitrogens with zero attached hydrogens (tertiary/aromatic N) is 1. The van der Waals surface area contributed by atoms with Crippen molar-refractivity contribution in [3.63, 3.8) is 0 Å². The lowest BCUT2D eigenvalue weighted by Gasteiger charge is -2.41. The van der Waals surface area contributed by atoms with Crippen molar-refractivity contribution in [2.24, 2.45) is 17.8 Å². The van der Waals surface area contributed by atoms with Gasteiger partial charge in [0, 0.05) is 13.2 Å². The van der Waals surface area contributed by atoms with E-state index in [1.807, 2.05) is 12.1 Å². The second-order valence-electron chi connectivity index (χ2n) is 8.37. The lowest BCUT2D eigenvalue weighted by molar-refractivity contribution is -0.0871. The molecule has 2 aliphatic heterocycles. The topological polar surface area (TPSA) is 46.6 Å². The maximum Gasteiger partial charge on any atom is 0.261 e. The molecule has 0 radical (unpaired) electrons. The van der Waals surface area contributed by atoms with E-state index in [0.29, 0.717) is 35.4 Å². The van der Waals surface area contributed by atoms with Crippen molar-refractivity contribution in [1.82, 2.24) is 4.90 Å². The first-order valence-corrected chi connectivity index (χ1v) is 9.39. The van der Waals surface area contributed by atoms with Gasteiger partial charge < -0.3 is 4.74 Å². The Morgan fingerprint density at radius 1 is 1.16 bits per heavy atom. The summed E-state index contributed by atoms with van der Waals surface area (Å²) >= 11 is 0. The van der Waals surface area contributed by atoms with Crippen LogP contribution in [0.1, 0.15) is 67.7 Å². The highest BCUT2D eigenvalue weighted by Gasteiger charge is 2.38. The first-order chi connectivity index (χ1) is 11.8. The summed E-state index contributed by atoms with van der Waals surface area (Å²) in [4.78, 5) is 26.5. The van der Waals surface area contributed by atoms with Crippen molar-refractivity contribution in [3.8, 4) is 0 Å². The van der Waals surface area contributed by atoms with Gasteiger partial charge in [-0.25, -0.2) is 0 Å². The molecule has 1 saturated heterocycles. The number of hydrogen-bond donors (Lipinski definition) is 0. The Kier molecular flexibility index (Phi) is 5.01. The van der Waals surface area contributed by atoms with Gasteiger partial charge >= 0.3 is 0 Å². The lowest BCUT2D eigenvalue weighted by Crippen LogP contribution is -2.39. The molecule has 1 aromatic rings. The van der Waals surface area contributed by atoms with E-state index in [9.17, 15) is 9.59 Å². The number of benzene rings is 1. The number of hydrogen-bond acceptors (Lipinski definition) is 3. The van der Waals surface area contributed by atoms with Crippen LogP contribution in [0.5, 0.6) is 0 Å². The van der Waals surface area contributed by atoms with Crippen LogP contribution in [0.3, 0.4) is 0 Å². The first-order valence-electron chi connectivity index (χ1n) is 9.39. The molecular weight excluding hydrogens is 314 g/mol. The third-order valence-electron chi connectivity index (χ3n) is 5.76. The molecule has 0 aliphatic carbocycles. The molecule has 25 heavy (non-hydrogen) atoms. The highest BCUT2D eigenvalue weighted by atomic mass is 16.5. The summed E-state index contributed by atoms with van der Waals surface area (Å²) in [5.41, 5.74) is 1.01. The quantitative estimate of drug-likeness (QED) is 0.755. The number of fused-ring (bicyclic) bond motifs is 1. The summed E-state index contributed by atoms with van der Waals surface area (Å²) < 4.78 is 5.86. The normalized spacial score (nSPS) is 23.9. The smallest absolute Gasteiger partial charge is 0.261 e. The number of amides is 2. The van der Waals surface area contributed by atoms with Crippen LogP contribution in [0.15, 0.2) is 24.3 Å². The van der Waals surface area contributed by atoms with Crippen molar-refractivity contribution in [1.29, 1.82) is 0 Å². The van der Waals surface area contributed by atoms with E-state index in [2.05, 4.69) is 27.7 Å². The fraction of sp³-hybridized carbons (Fsp3) is 0.619. The van der Waals surface area contributed by atoms with Crippen molar-refractivity contribution in [3.05, 3.63) is 35.4 Å². The van der Waals surface area contributed by atoms with E-state index in [0.717, 1.165) is 25.9 Å². The number of imide groups is 1. The first kappa shape index (κ1) is 18.1. The SMILES string of the molecule is CC(C)[C@H](CCN1C(=O)c2ccccc2C1=O)[C@H]1CCOC(C)(C)C1. The van der Waals surface area contributed by atoms with Crippen LogP contribution in [0.4, 0.5) is 0 Å². The molecule has 0 aromatic heterocycles. The Morgan fingerprint density at radius 2 is 1.76 bits per heavy atom. The maximum absolute atomic E-state index is 12.6. The molecule has 136 valence electrons. The summed E-state index contributed by atoms with van der Waals surface area (Å²) in [6.07, 6.45) is 2.97. The molecular formula is C21H29NO3. The van der Waals surface area contributed by atoms with Gasteiger partial charge in [-0.05, 0) is 63.0 Å². The van der Waals surface area contributed by atoms with E-state index in [1.165, 1.54) is 4.90 Å². The predicted molar refractivity (Wildman–Crippen MR) is 97.5 cm³/mol. The predicted octanol–water partition coefficient (Wildman–Crippen LogP) is 4.15. The van der Waals surface area contributed by atoms with E-state index >= 15 is 0 Å². The van der Waals surface area contributed by atoms with Crippen LogP contribution < -0.4 is 0 Å². The van der Waals surface area contributed by atoms with Gasteiger partial charge in [0.15, 0.2) is 0 Å². The Balaban J connectivity index is 1.69. The molecule has 0 bridgehead atoms. The second-order valence-corrected chi connectivity index (χ2v) is 8.37. The summed E-state index contributed by atoms with van der Waals surface area (Å²) in [6.45, 7) is 10.1. The van der Waals surface area contributed by atoms with Gasteiger partial charge in [-0.1, -0.05) is 26.0 Å². The largest absolute Gasteiger partial charge is 0.376 e. The van der Waals surface area contributed by atoms with Crippen LogP contribution in [0.2, 0.25) is 0 Å². The van der Waals surface area contributed by atoms with Crippen molar-refractivity contribution < 1.29 is 14.3 Å². The van der Waals surface area contributed by atoms with Crippen LogP contribution in [-0.4, -0.2) is 35.5 Å². The van der Waals surface area contributed by atoms with Gasteiger partial charge in [-0.15, -0.1) is 0 Å². The zero-order valence-electron chi connectivity index (χ0n) is 15.7. The third kappa shape index (κ3) is 3.64. The fourth-order valence-electron chi connectivity index (χ4n) is 4.48. The molecule has 4 heteroatoms. The highest BCUT2D eigenvalue weighted by Crippen LogP contribution is 2.38. The fourth-order valence-corrected chi connectivity index (χ4v) is 4.48. The zero-order chi connectivity index (χ0) is 18.2. The zero-order valence-corrected chi connectivity index (χ0v) is 15.7. The van der Waals surface area contributed by atoms with E-state index in [1.54, 1.807) is 12.1 Å². The molecule has 2 amide bonds. The molecule has 2 heterocycles. The standard InChI is InChI=1S/C21H29NO3/c1-14(2)16(15-10-12-25-21(3,4)13-15)9-11-22-19(23)17-7-5-6-8-18(17)20(22)24/h5-8,14-16H,9-13H2,1-4H3/t15-,16-/m0/s1. The Labute approximate surface area is 150 Å². The van der Waals surface area contributed by atoms with Crippen LogP contribution >= 0.6 is 0 Å². The molecule has 2 aliphatic rings. The van der Waals surface area contributed by atoms with Crippen molar-refractivity contribution in [2.75, 3.05) is 13.2 Å². The number of carbonyl (C=O) groups excluding carboxylic acids is 2. The second kappa shape index (κ2) is 6.91. The molecule has 0 saturated carbocycles. The number of rotatable bonds is 5. The maximum atomic E-state index is 12.6. The van der Waals surface area contributed by atoms with Gasteiger partial charge in [0.05, 0.1) is 16.7 Å². The van der Waals surface area contributed by atoms with E-state index < -0.39 is 0 Å². The average molecular weight is 343 g/mol. The van der Waals surface area contributed by atoms with Gasteiger partial charge in [0.25, 0.3) is 11.8 Å². The molecule has 0 N–H and O–H groups in total. The highest BCUT2D eigenvalue weighted by molar-refractivity contribution is 6.21. The number of ether oxygens (including phenoxy) is 1. The lowest BCUT2D eigenvalue weighted by atomic mass is 9.73. The minimum absolute atomic E-state index is 0.0778. The third-order valence-corrected chi connectivity index (χ3v) is 5.76. The number of carbonyl (C=O) groups is 2. The summed E-state index contributed by atoms with van der Waals surface area (Å²) in [5, 5.41) is 0. The van der Waals surface area contributed by atoms with Gasteiger partial charge in [-0.3, -0.25) is 14.5 Å². The minimum atomic E-state index is -0.143. The monoisotopic (exact) mass is 343 g/mol. The van der Waals surface area contributed by atoms with Gasteiger partial charge in [0.2, 0.25) is 0 Å². The summed E-state index contributed by atoms with van der Waals surface area (Å²) in [5.74, 6) is 1.31. The Hall–Kier alpha value is -1.68. The van der Waals surface area contributed by atoms with Crippen LogP contribution in [0, 0.1) is 17.8 Å². The summed E-state index contributed by atoms with van der Waals surface area (Å²) in [6, 6.07) is 7.12. The van der Waals surface area contributed by atoms with E-state index in [4.69, 9.17) is 4.74 Å². The molecule has 0 unspecified atom stereocenters. The molecule has 1 fully saturated rings. The van der Waals surface area contributed by atoms with Crippen LogP contribution in [-0.2, 0) is 4.74 Å². The summed E-state index contributed by atoms with van der Waals surface area (Å²) in [7, 11) is 0. The minimum Gasteiger partial charge on any atom is -0.376 e. The molecule has 4 nitrogen and oxygen atoms in total. The average Bonchev–Trinajstić information content (AvgIpc) is 2.79. The Morgan fingerprint density at radius 3 is 2.28 bits per heavy atom. The van der Waals surface area contributed by atoms with Gasteiger partial charge in [0.1, 0.15) is 0 Å². The van der Waals surface area contributed by atoms with Crippen LogP contribution in [0.25, 0.3) is 0 Å². The molecule has 1 aromatic carbocycles. The molecule has 2 atom stereocenters. The van der Waals surface area contributed by atoms with Crippen molar-refractivity contribution >= 4 is 11.8 Å². The molecule has 0 spiro atoms. The van der Waals surface area contributed by atoms with Gasteiger partial charge in [-0.2, -0.15) is 0 Å².